The van der Waals surface area contributed by atoms with Gasteiger partial charge in [0.1, 0.15) is 0 Å². The van der Waals surface area contributed by atoms with Crippen molar-refractivity contribution in [3.8, 4) is 0 Å². The van der Waals surface area contributed by atoms with Crippen molar-refractivity contribution in [2.45, 2.75) is 32.1 Å². The first-order chi connectivity index (χ1) is 7.34. The number of hydrogen-bond acceptors (Lipinski definition) is 3. The second-order valence-electron chi connectivity index (χ2n) is 5.44. The van der Waals surface area contributed by atoms with Crippen molar-refractivity contribution in [1.82, 2.24) is 9.80 Å². The van der Waals surface area contributed by atoms with Gasteiger partial charge in [-0.3, -0.25) is 4.79 Å². The number of carbonyl (C=O) groups is 1. The zero-order valence-corrected chi connectivity index (χ0v) is 11.9. The number of likely N-dealkylation sites (N-methyl/N-ethyl adjacent to an activating group) is 1. The molecule has 0 aromatic carbocycles. The molecule has 0 radical (unpaired) electrons. The van der Waals surface area contributed by atoms with Gasteiger partial charge in [-0.1, -0.05) is 20.8 Å². The number of amides is 1. The SMILES string of the molecule is CC(C)C(S)C(=O)N1CC(C)C(N(C)C)C1. The molecule has 0 aliphatic carbocycles. The van der Waals surface area contributed by atoms with Gasteiger partial charge in [0.05, 0.1) is 5.25 Å². The lowest BCUT2D eigenvalue weighted by Crippen LogP contribution is -2.39. The predicted octanol–water partition coefficient (Wildman–Crippen LogP) is 1.35. The van der Waals surface area contributed by atoms with Crippen LogP contribution >= 0.6 is 12.6 Å². The van der Waals surface area contributed by atoms with Crippen molar-refractivity contribution in [1.29, 1.82) is 0 Å². The molecule has 0 aromatic heterocycles. The Morgan fingerprint density at radius 2 is 1.94 bits per heavy atom. The summed E-state index contributed by atoms with van der Waals surface area (Å²) in [7, 11) is 4.16. The van der Waals surface area contributed by atoms with Crippen LogP contribution in [0.5, 0.6) is 0 Å². The molecule has 0 saturated carbocycles. The second kappa shape index (κ2) is 5.41. The predicted molar refractivity (Wildman–Crippen MR) is 70.8 cm³/mol. The molecule has 1 aliphatic rings. The highest BCUT2D eigenvalue weighted by molar-refractivity contribution is 7.81. The monoisotopic (exact) mass is 244 g/mol. The van der Waals surface area contributed by atoms with Gasteiger partial charge in [-0.05, 0) is 25.9 Å². The van der Waals surface area contributed by atoms with Crippen LogP contribution < -0.4 is 0 Å². The summed E-state index contributed by atoms with van der Waals surface area (Å²) in [5.74, 6) is 1.03. The zero-order chi connectivity index (χ0) is 12.5. The van der Waals surface area contributed by atoms with Gasteiger partial charge in [-0.15, -0.1) is 0 Å². The van der Waals surface area contributed by atoms with Gasteiger partial charge in [-0.2, -0.15) is 12.6 Å². The molecule has 3 atom stereocenters. The zero-order valence-electron chi connectivity index (χ0n) is 11.0. The Hall–Kier alpha value is -0.220. The standard InChI is InChI=1S/C12H24N2OS/c1-8(2)11(16)12(15)14-6-9(3)10(7-14)13(4)5/h8-11,16H,6-7H2,1-5H3. The van der Waals surface area contributed by atoms with E-state index in [0.29, 0.717) is 17.9 Å². The molecule has 1 fully saturated rings. The normalized spacial score (nSPS) is 27.9. The summed E-state index contributed by atoms with van der Waals surface area (Å²) in [5.41, 5.74) is 0. The fourth-order valence-electron chi connectivity index (χ4n) is 2.27. The summed E-state index contributed by atoms with van der Waals surface area (Å²) >= 11 is 4.40. The summed E-state index contributed by atoms with van der Waals surface area (Å²) in [6.07, 6.45) is 0. The molecule has 3 unspecified atom stereocenters. The van der Waals surface area contributed by atoms with Crippen LogP contribution in [0.3, 0.4) is 0 Å². The first-order valence-corrected chi connectivity index (χ1v) is 6.49. The van der Waals surface area contributed by atoms with E-state index in [2.05, 4.69) is 38.5 Å². The van der Waals surface area contributed by atoms with Crippen LogP contribution in [0.15, 0.2) is 0 Å². The summed E-state index contributed by atoms with van der Waals surface area (Å²) < 4.78 is 0. The van der Waals surface area contributed by atoms with E-state index in [0.717, 1.165) is 13.1 Å². The van der Waals surface area contributed by atoms with Crippen LogP contribution in [0.25, 0.3) is 0 Å². The Morgan fingerprint density at radius 1 is 1.38 bits per heavy atom. The van der Waals surface area contributed by atoms with Crippen molar-refractivity contribution < 1.29 is 4.79 Å². The van der Waals surface area contributed by atoms with Gasteiger partial charge in [0.15, 0.2) is 0 Å². The minimum absolute atomic E-state index is 0.159. The van der Waals surface area contributed by atoms with Crippen LogP contribution in [-0.2, 0) is 4.79 Å². The van der Waals surface area contributed by atoms with E-state index in [1.54, 1.807) is 0 Å². The average Bonchev–Trinajstić information content (AvgIpc) is 2.58. The Morgan fingerprint density at radius 3 is 2.31 bits per heavy atom. The molecule has 3 nitrogen and oxygen atoms in total. The molecule has 94 valence electrons. The Balaban J connectivity index is 2.61. The van der Waals surface area contributed by atoms with E-state index in [1.165, 1.54) is 0 Å². The minimum Gasteiger partial charge on any atom is -0.340 e. The highest BCUT2D eigenvalue weighted by atomic mass is 32.1. The Labute approximate surface area is 105 Å². The van der Waals surface area contributed by atoms with Crippen molar-refractivity contribution in [3.63, 3.8) is 0 Å². The number of carbonyl (C=O) groups excluding carboxylic acids is 1. The smallest absolute Gasteiger partial charge is 0.235 e. The summed E-state index contributed by atoms with van der Waals surface area (Å²) in [5, 5.41) is -0.159. The highest BCUT2D eigenvalue weighted by Gasteiger charge is 2.35. The van der Waals surface area contributed by atoms with Gasteiger partial charge >= 0.3 is 0 Å². The van der Waals surface area contributed by atoms with E-state index < -0.39 is 0 Å². The van der Waals surface area contributed by atoms with Gasteiger partial charge in [0.2, 0.25) is 5.91 Å². The van der Waals surface area contributed by atoms with Crippen LogP contribution in [0.4, 0.5) is 0 Å². The second-order valence-corrected chi connectivity index (χ2v) is 6.00. The number of nitrogens with zero attached hydrogens (tertiary/aromatic N) is 2. The van der Waals surface area contributed by atoms with Crippen LogP contribution in [-0.4, -0.2) is 54.2 Å². The van der Waals surface area contributed by atoms with E-state index in [4.69, 9.17) is 0 Å². The first-order valence-electron chi connectivity index (χ1n) is 5.97. The Bertz CT molecular complexity index is 255. The summed E-state index contributed by atoms with van der Waals surface area (Å²) in [4.78, 5) is 16.3. The lowest BCUT2D eigenvalue weighted by atomic mass is 10.1. The third kappa shape index (κ3) is 2.92. The molecule has 0 N–H and O–H groups in total. The lowest BCUT2D eigenvalue weighted by molar-refractivity contribution is -0.130. The number of thiol groups is 1. The maximum Gasteiger partial charge on any atom is 0.235 e. The topological polar surface area (TPSA) is 23.6 Å². The maximum absolute atomic E-state index is 12.1. The van der Waals surface area contributed by atoms with Gasteiger partial charge < -0.3 is 9.80 Å². The van der Waals surface area contributed by atoms with Crippen molar-refractivity contribution in [2.24, 2.45) is 11.8 Å². The summed E-state index contributed by atoms with van der Waals surface area (Å²) in [6.45, 7) is 8.00. The van der Waals surface area contributed by atoms with E-state index in [1.807, 2.05) is 18.7 Å². The Kier molecular flexibility index (Phi) is 4.68. The van der Waals surface area contributed by atoms with Crippen molar-refractivity contribution in [3.05, 3.63) is 0 Å². The minimum atomic E-state index is -0.159. The molecule has 0 aromatic rings. The molecular weight excluding hydrogens is 220 g/mol. The molecule has 0 bridgehead atoms. The molecule has 1 aliphatic heterocycles. The number of hydrogen-bond donors (Lipinski definition) is 1. The van der Waals surface area contributed by atoms with Gasteiger partial charge in [-0.25, -0.2) is 0 Å². The first kappa shape index (κ1) is 13.8. The lowest BCUT2D eigenvalue weighted by Gasteiger charge is -2.24. The molecule has 1 rings (SSSR count). The molecular formula is C12H24N2OS. The fraction of sp³-hybridized carbons (Fsp3) is 0.917. The van der Waals surface area contributed by atoms with Gasteiger partial charge in [0.25, 0.3) is 0 Å². The van der Waals surface area contributed by atoms with Crippen molar-refractivity contribution >= 4 is 18.5 Å². The molecule has 1 heterocycles. The van der Waals surface area contributed by atoms with Crippen LogP contribution in [0.2, 0.25) is 0 Å². The third-order valence-electron chi connectivity index (χ3n) is 3.43. The molecule has 0 spiro atoms. The molecule has 4 heteroatoms. The van der Waals surface area contributed by atoms with E-state index in [9.17, 15) is 4.79 Å². The van der Waals surface area contributed by atoms with E-state index >= 15 is 0 Å². The largest absolute Gasteiger partial charge is 0.340 e. The van der Waals surface area contributed by atoms with E-state index in [-0.39, 0.29) is 11.2 Å². The van der Waals surface area contributed by atoms with Crippen LogP contribution in [0.1, 0.15) is 20.8 Å². The average molecular weight is 244 g/mol. The summed E-state index contributed by atoms with van der Waals surface area (Å²) in [6, 6.07) is 0.483. The number of likely N-dealkylation sites (tertiary alicyclic amines) is 1. The van der Waals surface area contributed by atoms with Crippen LogP contribution in [0, 0.1) is 11.8 Å². The molecule has 1 saturated heterocycles. The maximum atomic E-state index is 12.1. The van der Waals surface area contributed by atoms with Crippen molar-refractivity contribution in [2.75, 3.05) is 27.2 Å². The number of rotatable bonds is 3. The quantitative estimate of drug-likeness (QED) is 0.758. The third-order valence-corrected chi connectivity index (χ3v) is 4.25. The van der Waals surface area contributed by atoms with Gasteiger partial charge in [0, 0.05) is 19.1 Å². The highest BCUT2D eigenvalue weighted by Crippen LogP contribution is 2.23. The molecule has 16 heavy (non-hydrogen) atoms. The molecule has 1 amide bonds. The fourth-order valence-corrected chi connectivity index (χ4v) is 2.44.